The Morgan fingerprint density at radius 2 is 2.03 bits per heavy atom. The summed E-state index contributed by atoms with van der Waals surface area (Å²) in [7, 11) is 3.31. The molecule has 0 saturated carbocycles. The first-order chi connectivity index (χ1) is 14.1. The zero-order chi connectivity index (χ0) is 20.7. The van der Waals surface area contributed by atoms with Crippen molar-refractivity contribution in [2.45, 2.75) is 39.3 Å². The van der Waals surface area contributed by atoms with E-state index in [1.54, 1.807) is 14.2 Å². The van der Waals surface area contributed by atoms with E-state index in [1.807, 2.05) is 43.3 Å². The molecule has 158 valence electrons. The van der Waals surface area contributed by atoms with Gasteiger partial charge in [0.15, 0.2) is 0 Å². The molecule has 0 radical (unpaired) electrons. The average Bonchev–Trinajstić information content (AvgIpc) is 3.15. The third kappa shape index (κ3) is 5.40. The van der Waals surface area contributed by atoms with Crippen molar-refractivity contribution in [1.29, 1.82) is 0 Å². The van der Waals surface area contributed by atoms with Gasteiger partial charge in [0.05, 0.1) is 25.7 Å². The first kappa shape index (κ1) is 21.4. The first-order valence-electron chi connectivity index (χ1n) is 10.2. The standard InChI is InChI=1S/C23H31NO5/c1-4-28-22(25)23(14-18-7-5-8-19(13-18)27-3)11-6-12-24(17-23)15-20-9-10-21(29-20)16-26-2/h5,7-10,13H,4,6,11-12,14-17H2,1-3H3/t23-/m0/s1. The molecule has 0 N–H and O–H groups in total. The second kappa shape index (κ2) is 9.94. The maximum Gasteiger partial charge on any atom is 0.313 e. The second-order valence-corrected chi connectivity index (χ2v) is 7.64. The van der Waals surface area contributed by atoms with Crippen molar-refractivity contribution in [3.05, 3.63) is 53.5 Å². The molecule has 6 heteroatoms. The van der Waals surface area contributed by atoms with Crippen LogP contribution < -0.4 is 4.74 Å². The van der Waals surface area contributed by atoms with Crippen LogP contribution in [-0.2, 0) is 33.8 Å². The number of hydrogen-bond acceptors (Lipinski definition) is 6. The van der Waals surface area contributed by atoms with Crippen LogP contribution in [0.5, 0.6) is 5.75 Å². The minimum atomic E-state index is -0.567. The molecule has 0 aliphatic carbocycles. The van der Waals surface area contributed by atoms with Gasteiger partial charge in [0.1, 0.15) is 23.9 Å². The van der Waals surface area contributed by atoms with Gasteiger partial charge < -0.3 is 18.6 Å². The van der Waals surface area contributed by atoms with Crippen molar-refractivity contribution in [1.82, 2.24) is 4.90 Å². The lowest BCUT2D eigenvalue weighted by molar-refractivity contribution is -0.159. The Morgan fingerprint density at radius 1 is 1.21 bits per heavy atom. The molecule has 6 nitrogen and oxygen atoms in total. The topological polar surface area (TPSA) is 61.1 Å². The zero-order valence-corrected chi connectivity index (χ0v) is 17.6. The van der Waals surface area contributed by atoms with Crippen LogP contribution in [0.25, 0.3) is 0 Å². The van der Waals surface area contributed by atoms with Gasteiger partial charge in [-0.3, -0.25) is 9.69 Å². The Balaban J connectivity index is 1.78. The first-order valence-corrected chi connectivity index (χ1v) is 10.2. The maximum atomic E-state index is 13.0. The number of hydrogen-bond donors (Lipinski definition) is 0. The molecule has 1 aromatic carbocycles. The predicted octanol–water partition coefficient (Wildman–Crippen LogP) is 3.82. The number of carbonyl (C=O) groups is 1. The van der Waals surface area contributed by atoms with Crippen LogP contribution in [0.1, 0.15) is 36.8 Å². The van der Waals surface area contributed by atoms with Gasteiger partial charge in [0.2, 0.25) is 0 Å². The van der Waals surface area contributed by atoms with E-state index in [1.165, 1.54) is 0 Å². The Bertz CT molecular complexity index is 802. The van der Waals surface area contributed by atoms with E-state index < -0.39 is 5.41 Å². The van der Waals surface area contributed by atoms with Crippen molar-refractivity contribution in [3.8, 4) is 5.75 Å². The third-order valence-electron chi connectivity index (χ3n) is 5.42. The van der Waals surface area contributed by atoms with Gasteiger partial charge >= 0.3 is 5.97 Å². The lowest BCUT2D eigenvalue weighted by atomic mass is 9.75. The summed E-state index contributed by atoms with van der Waals surface area (Å²) < 4.78 is 21.9. The van der Waals surface area contributed by atoms with E-state index in [9.17, 15) is 4.79 Å². The number of piperidine rings is 1. The number of nitrogens with zero attached hydrogens (tertiary/aromatic N) is 1. The molecule has 1 atom stereocenters. The third-order valence-corrected chi connectivity index (χ3v) is 5.42. The van der Waals surface area contributed by atoms with E-state index in [0.29, 0.717) is 32.7 Å². The van der Waals surface area contributed by atoms with Crippen LogP contribution in [0.4, 0.5) is 0 Å². The number of rotatable bonds is 9. The highest BCUT2D eigenvalue weighted by molar-refractivity contribution is 5.78. The van der Waals surface area contributed by atoms with Crippen LogP contribution in [0.15, 0.2) is 40.8 Å². The van der Waals surface area contributed by atoms with E-state index in [0.717, 1.165) is 42.2 Å². The van der Waals surface area contributed by atoms with Crippen LogP contribution in [0, 0.1) is 5.41 Å². The molecule has 0 amide bonds. The highest BCUT2D eigenvalue weighted by atomic mass is 16.5. The van der Waals surface area contributed by atoms with Crippen LogP contribution >= 0.6 is 0 Å². The van der Waals surface area contributed by atoms with E-state index in [4.69, 9.17) is 18.6 Å². The van der Waals surface area contributed by atoms with Crippen LogP contribution in [0.3, 0.4) is 0 Å². The Kier molecular flexibility index (Phi) is 7.34. The Morgan fingerprint density at radius 3 is 2.79 bits per heavy atom. The molecule has 2 aromatic rings. The van der Waals surface area contributed by atoms with Gasteiger partial charge in [0.25, 0.3) is 0 Å². The number of carbonyl (C=O) groups excluding carboxylic acids is 1. The van der Waals surface area contributed by atoms with E-state index in [2.05, 4.69) is 4.90 Å². The second-order valence-electron chi connectivity index (χ2n) is 7.64. The zero-order valence-electron chi connectivity index (χ0n) is 17.6. The molecular weight excluding hydrogens is 370 g/mol. The minimum absolute atomic E-state index is 0.118. The molecule has 29 heavy (non-hydrogen) atoms. The van der Waals surface area contributed by atoms with Crippen molar-refractivity contribution in [2.24, 2.45) is 5.41 Å². The summed E-state index contributed by atoms with van der Waals surface area (Å²) in [5, 5.41) is 0. The highest BCUT2D eigenvalue weighted by Gasteiger charge is 2.43. The minimum Gasteiger partial charge on any atom is -0.497 e. The fourth-order valence-electron chi connectivity index (χ4n) is 4.15. The molecule has 1 aliphatic rings. The van der Waals surface area contributed by atoms with Gasteiger partial charge in [0, 0.05) is 13.7 Å². The molecule has 0 bridgehead atoms. The monoisotopic (exact) mass is 401 g/mol. The lowest BCUT2D eigenvalue weighted by Crippen LogP contribution is -2.49. The van der Waals surface area contributed by atoms with Crippen molar-refractivity contribution < 1.29 is 23.4 Å². The summed E-state index contributed by atoms with van der Waals surface area (Å²) >= 11 is 0. The summed E-state index contributed by atoms with van der Waals surface area (Å²) in [6.07, 6.45) is 2.38. The number of furan rings is 1. The molecular formula is C23H31NO5. The SMILES string of the molecule is CCOC(=O)[C@]1(Cc2cccc(OC)c2)CCCN(Cc2ccc(COC)o2)C1. The van der Waals surface area contributed by atoms with Gasteiger partial charge in [-0.2, -0.15) is 0 Å². The predicted molar refractivity (Wildman–Crippen MR) is 110 cm³/mol. The molecule has 1 aliphatic heterocycles. The fraction of sp³-hybridized carbons (Fsp3) is 0.522. The summed E-state index contributed by atoms with van der Waals surface area (Å²) in [5.74, 6) is 2.38. The molecule has 2 heterocycles. The Labute approximate surface area is 172 Å². The fourth-order valence-corrected chi connectivity index (χ4v) is 4.15. The summed E-state index contributed by atoms with van der Waals surface area (Å²) in [4.78, 5) is 15.3. The van der Waals surface area contributed by atoms with Crippen molar-refractivity contribution in [2.75, 3.05) is 33.9 Å². The molecule has 1 saturated heterocycles. The van der Waals surface area contributed by atoms with Crippen LogP contribution in [0.2, 0.25) is 0 Å². The van der Waals surface area contributed by atoms with Gasteiger partial charge in [-0.25, -0.2) is 0 Å². The van der Waals surface area contributed by atoms with Gasteiger partial charge in [-0.15, -0.1) is 0 Å². The number of methoxy groups -OCH3 is 2. The summed E-state index contributed by atoms with van der Waals surface area (Å²) in [6.45, 7) is 4.95. The van der Waals surface area contributed by atoms with E-state index in [-0.39, 0.29) is 5.97 Å². The van der Waals surface area contributed by atoms with Crippen molar-refractivity contribution in [3.63, 3.8) is 0 Å². The molecule has 1 fully saturated rings. The summed E-state index contributed by atoms with van der Waals surface area (Å²) in [5.41, 5.74) is 0.516. The largest absolute Gasteiger partial charge is 0.497 e. The normalized spacial score (nSPS) is 19.8. The number of esters is 1. The highest BCUT2D eigenvalue weighted by Crippen LogP contribution is 2.36. The summed E-state index contributed by atoms with van der Waals surface area (Å²) in [6, 6.07) is 11.9. The lowest BCUT2D eigenvalue weighted by Gasteiger charge is -2.41. The van der Waals surface area contributed by atoms with Crippen LogP contribution in [-0.4, -0.2) is 44.8 Å². The van der Waals surface area contributed by atoms with E-state index >= 15 is 0 Å². The van der Waals surface area contributed by atoms with Gasteiger partial charge in [-0.05, 0) is 62.6 Å². The molecule has 0 unspecified atom stereocenters. The smallest absolute Gasteiger partial charge is 0.313 e. The maximum absolute atomic E-state index is 13.0. The Hall–Kier alpha value is -2.31. The quantitative estimate of drug-likeness (QED) is 0.595. The molecule has 3 rings (SSSR count). The van der Waals surface area contributed by atoms with Crippen molar-refractivity contribution >= 4 is 5.97 Å². The number of ether oxygens (including phenoxy) is 3. The molecule has 0 spiro atoms. The average molecular weight is 402 g/mol. The molecule has 1 aromatic heterocycles. The number of likely N-dealkylation sites (tertiary alicyclic amines) is 1. The number of benzene rings is 1. The van der Waals surface area contributed by atoms with Gasteiger partial charge in [-0.1, -0.05) is 12.1 Å².